The van der Waals surface area contributed by atoms with Gasteiger partial charge in [0.2, 0.25) is 0 Å². The van der Waals surface area contributed by atoms with E-state index in [1.54, 1.807) is 7.11 Å². The van der Waals surface area contributed by atoms with Crippen molar-refractivity contribution in [3.8, 4) is 5.75 Å². The second kappa shape index (κ2) is 6.67. The lowest BCUT2D eigenvalue weighted by Gasteiger charge is -2.20. The van der Waals surface area contributed by atoms with Gasteiger partial charge in [-0.1, -0.05) is 36.7 Å². The highest BCUT2D eigenvalue weighted by Crippen LogP contribution is 2.29. The predicted octanol–water partition coefficient (Wildman–Crippen LogP) is 5.22. The standard InChI is InChI=1S/C17H20ClNO/c1-4-16(13-6-8-14(20-3)9-7-13)19-17-11-12(2)5-10-15(17)18/h5-11,16,19H,4H2,1-3H3. The summed E-state index contributed by atoms with van der Waals surface area (Å²) in [6.45, 7) is 4.22. The molecule has 0 bridgehead atoms. The van der Waals surface area contributed by atoms with Crippen LogP contribution in [0.15, 0.2) is 42.5 Å². The van der Waals surface area contributed by atoms with E-state index in [0.29, 0.717) is 0 Å². The van der Waals surface area contributed by atoms with Crippen LogP contribution < -0.4 is 10.1 Å². The van der Waals surface area contributed by atoms with E-state index in [1.165, 1.54) is 11.1 Å². The Labute approximate surface area is 125 Å². The second-order valence-corrected chi connectivity index (χ2v) is 5.27. The van der Waals surface area contributed by atoms with Crippen molar-refractivity contribution >= 4 is 17.3 Å². The number of anilines is 1. The fraction of sp³-hybridized carbons (Fsp3) is 0.294. The van der Waals surface area contributed by atoms with Crippen molar-refractivity contribution in [3.63, 3.8) is 0 Å². The maximum atomic E-state index is 6.25. The van der Waals surface area contributed by atoms with E-state index >= 15 is 0 Å². The molecule has 0 spiro atoms. The first-order valence-corrected chi connectivity index (χ1v) is 7.18. The van der Waals surface area contributed by atoms with Crippen LogP contribution in [0.5, 0.6) is 5.75 Å². The topological polar surface area (TPSA) is 21.3 Å². The lowest BCUT2D eigenvalue weighted by atomic mass is 10.0. The number of hydrogen-bond donors (Lipinski definition) is 1. The molecule has 2 aromatic carbocycles. The van der Waals surface area contributed by atoms with Gasteiger partial charge in [-0.15, -0.1) is 0 Å². The van der Waals surface area contributed by atoms with Crippen LogP contribution in [0.2, 0.25) is 5.02 Å². The van der Waals surface area contributed by atoms with Crippen molar-refractivity contribution in [1.82, 2.24) is 0 Å². The molecular weight excluding hydrogens is 270 g/mol. The van der Waals surface area contributed by atoms with Crippen molar-refractivity contribution in [2.24, 2.45) is 0 Å². The lowest BCUT2D eigenvalue weighted by molar-refractivity contribution is 0.414. The van der Waals surface area contributed by atoms with Crippen molar-refractivity contribution < 1.29 is 4.74 Å². The third-order valence-electron chi connectivity index (χ3n) is 3.38. The second-order valence-electron chi connectivity index (χ2n) is 4.86. The van der Waals surface area contributed by atoms with Gasteiger partial charge in [-0.25, -0.2) is 0 Å². The molecule has 0 fully saturated rings. The number of ether oxygens (including phenoxy) is 1. The summed E-state index contributed by atoms with van der Waals surface area (Å²) in [5.41, 5.74) is 3.40. The minimum Gasteiger partial charge on any atom is -0.497 e. The lowest BCUT2D eigenvalue weighted by Crippen LogP contribution is -2.10. The van der Waals surface area contributed by atoms with E-state index in [0.717, 1.165) is 22.9 Å². The molecule has 2 aromatic rings. The third kappa shape index (κ3) is 3.45. The molecular formula is C17H20ClNO. The smallest absolute Gasteiger partial charge is 0.118 e. The third-order valence-corrected chi connectivity index (χ3v) is 3.71. The van der Waals surface area contributed by atoms with Gasteiger partial charge in [-0.05, 0) is 48.7 Å². The zero-order valence-electron chi connectivity index (χ0n) is 12.1. The molecule has 2 rings (SSSR count). The van der Waals surface area contributed by atoms with Gasteiger partial charge in [-0.2, -0.15) is 0 Å². The van der Waals surface area contributed by atoms with E-state index in [2.05, 4.69) is 37.4 Å². The van der Waals surface area contributed by atoms with Crippen LogP contribution in [-0.2, 0) is 0 Å². The Kier molecular flexibility index (Phi) is 4.91. The first kappa shape index (κ1) is 14.7. The number of halogens is 1. The van der Waals surface area contributed by atoms with Crippen molar-refractivity contribution in [2.75, 3.05) is 12.4 Å². The highest BCUT2D eigenvalue weighted by atomic mass is 35.5. The Morgan fingerprint density at radius 1 is 1.15 bits per heavy atom. The van der Waals surface area contributed by atoms with Crippen LogP contribution in [0.1, 0.15) is 30.5 Å². The van der Waals surface area contributed by atoms with E-state index in [1.807, 2.05) is 24.3 Å². The predicted molar refractivity (Wildman–Crippen MR) is 85.8 cm³/mol. The van der Waals surface area contributed by atoms with E-state index < -0.39 is 0 Å². The normalized spacial score (nSPS) is 12.0. The summed E-state index contributed by atoms with van der Waals surface area (Å²) in [6, 6.07) is 14.4. The van der Waals surface area contributed by atoms with E-state index in [4.69, 9.17) is 16.3 Å². The number of hydrogen-bond acceptors (Lipinski definition) is 2. The van der Waals surface area contributed by atoms with E-state index in [9.17, 15) is 0 Å². The molecule has 0 radical (unpaired) electrons. The molecule has 1 unspecified atom stereocenters. The highest BCUT2D eigenvalue weighted by Gasteiger charge is 2.11. The molecule has 20 heavy (non-hydrogen) atoms. The Morgan fingerprint density at radius 2 is 1.85 bits per heavy atom. The van der Waals surface area contributed by atoms with Crippen molar-refractivity contribution in [3.05, 3.63) is 58.6 Å². The molecule has 0 amide bonds. The summed E-state index contributed by atoms with van der Waals surface area (Å²) in [4.78, 5) is 0. The van der Waals surface area contributed by atoms with Gasteiger partial charge in [0, 0.05) is 0 Å². The average molecular weight is 290 g/mol. The summed E-state index contributed by atoms with van der Waals surface area (Å²) in [5.74, 6) is 0.872. The van der Waals surface area contributed by atoms with Gasteiger partial charge >= 0.3 is 0 Å². The molecule has 0 aliphatic rings. The Bertz CT molecular complexity index is 566. The average Bonchev–Trinajstić information content (AvgIpc) is 2.48. The Balaban J connectivity index is 2.21. The summed E-state index contributed by atoms with van der Waals surface area (Å²) >= 11 is 6.25. The van der Waals surface area contributed by atoms with Gasteiger partial charge in [0.15, 0.2) is 0 Å². The molecule has 3 heteroatoms. The molecule has 1 atom stereocenters. The number of nitrogens with one attached hydrogen (secondary N) is 1. The highest BCUT2D eigenvalue weighted by molar-refractivity contribution is 6.33. The Hall–Kier alpha value is -1.67. The fourth-order valence-corrected chi connectivity index (χ4v) is 2.37. The summed E-state index contributed by atoms with van der Waals surface area (Å²) < 4.78 is 5.19. The van der Waals surface area contributed by atoms with Gasteiger partial charge < -0.3 is 10.1 Å². The van der Waals surface area contributed by atoms with Crippen LogP contribution in [0.25, 0.3) is 0 Å². The fourth-order valence-electron chi connectivity index (χ4n) is 2.19. The SMILES string of the molecule is CCC(Nc1cc(C)ccc1Cl)c1ccc(OC)cc1. The molecule has 106 valence electrons. The molecule has 0 aromatic heterocycles. The number of methoxy groups -OCH3 is 1. The first-order chi connectivity index (χ1) is 9.63. The van der Waals surface area contributed by atoms with Crippen molar-refractivity contribution in [1.29, 1.82) is 0 Å². The Morgan fingerprint density at radius 3 is 2.45 bits per heavy atom. The number of aryl methyl sites for hydroxylation is 1. The quantitative estimate of drug-likeness (QED) is 0.815. The molecule has 1 N–H and O–H groups in total. The van der Waals surface area contributed by atoms with Gasteiger partial charge in [0.05, 0.1) is 23.9 Å². The minimum atomic E-state index is 0.236. The van der Waals surface area contributed by atoms with Crippen LogP contribution in [-0.4, -0.2) is 7.11 Å². The summed E-state index contributed by atoms with van der Waals surface area (Å²) in [5, 5.41) is 4.27. The number of rotatable bonds is 5. The van der Waals surface area contributed by atoms with Gasteiger partial charge in [0.1, 0.15) is 5.75 Å². The molecule has 0 saturated carbocycles. The zero-order chi connectivity index (χ0) is 14.5. The van der Waals surface area contributed by atoms with Crippen LogP contribution in [0.4, 0.5) is 5.69 Å². The summed E-state index contributed by atoms with van der Waals surface area (Å²) in [7, 11) is 1.68. The molecule has 0 aliphatic carbocycles. The van der Waals surface area contributed by atoms with Crippen LogP contribution in [0, 0.1) is 6.92 Å². The first-order valence-electron chi connectivity index (χ1n) is 6.80. The molecule has 0 saturated heterocycles. The van der Waals surface area contributed by atoms with Gasteiger partial charge in [-0.3, -0.25) is 0 Å². The van der Waals surface area contributed by atoms with Crippen LogP contribution >= 0.6 is 11.6 Å². The van der Waals surface area contributed by atoms with Crippen molar-refractivity contribution in [2.45, 2.75) is 26.3 Å². The zero-order valence-corrected chi connectivity index (χ0v) is 12.9. The largest absolute Gasteiger partial charge is 0.497 e. The monoisotopic (exact) mass is 289 g/mol. The molecule has 2 nitrogen and oxygen atoms in total. The maximum absolute atomic E-state index is 6.25. The maximum Gasteiger partial charge on any atom is 0.118 e. The minimum absolute atomic E-state index is 0.236. The van der Waals surface area contributed by atoms with Crippen LogP contribution in [0.3, 0.4) is 0 Å². The molecule has 0 heterocycles. The number of benzene rings is 2. The molecule has 0 aliphatic heterocycles. The summed E-state index contributed by atoms with van der Waals surface area (Å²) in [6.07, 6.45) is 0.983. The van der Waals surface area contributed by atoms with E-state index in [-0.39, 0.29) is 6.04 Å². The van der Waals surface area contributed by atoms with Gasteiger partial charge in [0.25, 0.3) is 0 Å².